The molecule has 0 aliphatic carbocycles. The van der Waals surface area contributed by atoms with Gasteiger partial charge in [0.1, 0.15) is 11.6 Å². The van der Waals surface area contributed by atoms with E-state index in [-0.39, 0.29) is 5.82 Å². The number of halogens is 1. The molecule has 0 aliphatic rings. The third-order valence-corrected chi connectivity index (χ3v) is 3.87. The fourth-order valence-electron chi connectivity index (χ4n) is 2.60. The van der Waals surface area contributed by atoms with Gasteiger partial charge in [-0.25, -0.2) is 4.39 Å². The van der Waals surface area contributed by atoms with Crippen molar-refractivity contribution in [2.24, 2.45) is 0 Å². The van der Waals surface area contributed by atoms with E-state index < -0.39 is 0 Å². The van der Waals surface area contributed by atoms with Gasteiger partial charge in [0, 0.05) is 0 Å². The van der Waals surface area contributed by atoms with Crippen LogP contribution >= 0.6 is 0 Å². The molecule has 2 aromatic carbocycles. The summed E-state index contributed by atoms with van der Waals surface area (Å²) >= 11 is 0. The number of phenols is 1. The standard InChI is InChI=1S/C20H23FO/c1-4-5-6-18(17-7-9-19(21)10-8-17)13-16-11-14(2)20(22)15(3)12-16/h7-13,22H,4-6H2,1-3H3/b18-13+. The maximum Gasteiger partial charge on any atom is 0.123 e. The van der Waals surface area contributed by atoms with E-state index in [1.165, 1.54) is 17.7 Å². The highest BCUT2D eigenvalue weighted by atomic mass is 19.1. The first-order valence-electron chi connectivity index (χ1n) is 7.78. The van der Waals surface area contributed by atoms with Gasteiger partial charge in [-0.2, -0.15) is 0 Å². The molecule has 0 unspecified atom stereocenters. The quantitative estimate of drug-likeness (QED) is 0.683. The van der Waals surface area contributed by atoms with E-state index in [0.29, 0.717) is 5.75 Å². The molecule has 0 saturated carbocycles. The second kappa shape index (κ2) is 7.26. The lowest BCUT2D eigenvalue weighted by Gasteiger charge is -2.10. The number of rotatable bonds is 5. The molecule has 2 heteroatoms. The van der Waals surface area contributed by atoms with Crippen molar-refractivity contribution in [1.82, 2.24) is 0 Å². The Kier molecular flexibility index (Phi) is 5.37. The Balaban J connectivity index is 2.42. The first-order chi connectivity index (χ1) is 10.5. The molecule has 2 aromatic rings. The summed E-state index contributed by atoms with van der Waals surface area (Å²) in [4.78, 5) is 0. The summed E-state index contributed by atoms with van der Waals surface area (Å²) in [7, 11) is 0. The molecule has 0 bridgehead atoms. The summed E-state index contributed by atoms with van der Waals surface area (Å²) in [5.41, 5.74) is 5.08. The number of phenolic OH excluding ortho intramolecular Hbond substituents is 1. The first kappa shape index (κ1) is 16.3. The molecule has 0 aromatic heterocycles. The van der Waals surface area contributed by atoms with Crippen molar-refractivity contribution in [3.8, 4) is 5.75 Å². The average molecular weight is 298 g/mol. The van der Waals surface area contributed by atoms with E-state index in [1.807, 2.05) is 38.1 Å². The van der Waals surface area contributed by atoms with Crippen LogP contribution in [0.25, 0.3) is 11.6 Å². The van der Waals surface area contributed by atoms with Crippen LogP contribution in [0, 0.1) is 19.7 Å². The number of hydrogen-bond acceptors (Lipinski definition) is 1. The Hall–Kier alpha value is -2.09. The second-order valence-electron chi connectivity index (χ2n) is 5.78. The molecule has 1 nitrogen and oxygen atoms in total. The number of aromatic hydroxyl groups is 1. The highest BCUT2D eigenvalue weighted by Crippen LogP contribution is 2.28. The summed E-state index contributed by atoms with van der Waals surface area (Å²) in [6.45, 7) is 5.98. The van der Waals surface area contributed by atoms with Crippen LogP contribution in [0.15, 0.2) is 36.4 Å². The molecule has 0 amide bonds. The minimum absolute atomic E-state index is 0.213. The molecule has 0 spiro atoms. The molecular formula is C20H23FO. The molecule has 116 valence electrons. The van der Waals surface area contributed by atoms with Gasteiger partial charge in [0.2, 0.25) is 0 Å². The SMILES string of the molecule is CCCC/C(=C\c1cc(C)c(O)c(C)c1)c1ccc(F)cc1. The molecule has 0 radical (unpaired) electrons. The smallest absolute Gasteiger partial charge is 0.123 e. The third kappa shape index (κ3) is 3.97. The Bertz CT molecular complexity index is 646. The van der Waals surface area contributed by atoms with Crippen molar-refractivity contribution < 1.29 is 9.50 Å². The molecule has 0 fully saturated rings. The maximum atomic E-state index is 13.1. The monoisotopic (exact) mass is 298 g/mol. The van der Waals surface area contributed by atoms with Gasteiger partial charge in [-0.3, -0.25) is 0 Å². The minimum atomic E-state index is -0.213. The van der Waals surface area contributed by atoms with Gasteiger partial charge in [-0.05, 0) is 78.8 Å². The van der Waals surface area contributed by atoms with Gasteiger partial charge in [0.05, 0.1) is 0 Å². The Morgan fingerprint density at radius 3 is 2.23 bits per heavy atom. The van der Waals surface area contributed by atoms with E-state index in [2.05, 4.69) is 13.0 Å². The van der Waals surface area contributed by atoms with E-state index in [1.54, 1.807) is 0 Å². The fraction of sp³-hybridized carbons (Fsp3) is 0.300. The van der Waals surface area contributed by atoms with Crippen LogP contribution in [0.4, 0.5) is 4.39 Å². The summed E-state index contributed by atoms with van der Waals surface area (Å²) in [6, 6.07) is 10.6. The molecule has 2 rings (SSSR count). The normalized spacial score (nSPS) is 11.7. The second-order valence-corrected chi connectivity index (χ2v) is 5.78. The van der Waals surface area contributed by atoms with Crippen molar-refractivity contribution in [2.45, 2.75) is 40.0 Å². The number of unbranched alkanes of at least 4 members (excludes halogenated alkanes) is 1. The van der Waals surface area contributed by atoms with Crippen molar-refractivity contribution in [3.63, 3.8) is 0 Å². The van der Waals surface area contributed by atoms with Crippen LogP contribution in [0.2, 0.25) is 0 Å². The van der Waals surface area contributed by atoms with Gasteiger partial charge in [0.15, 0.2) is 0 Å². The van der Waals surface area contributed by atoms with Gasteiger partial charge < -0.3 is 5.11 Å². The first-order valence-corrected chi connectivity index (χ1v) is 7.78. The van der Waals surface area contributed by atoms with Crippen molar-refractivity contribution in [2.75, 3.05) is 0 Å². The molecule has 0 saturated heterocycles. The predicted molar refractivity (Wildman–Crippen MR) is 91.4 cm³/mol. The van der Waals surface area contributed by atoms with Crippen LogP contribution < -0.4 is 0 Å². The summed E-state index contributed by atoms with van der Waals surface area (Å²) in [5, 5.41) is 9.89. The summed E-state index contributed by atoms with van der Waals surface area (Å²) < 4.78 is 13.1. The lowest BCUT2D eigenvalue weighted by atomic mass is 9.96. The van der Waals surface area contributed by atoms with Gasteiger partial charge >= 0.3 is 0 Å². The van der Waals surface area contributed by atoms with Crippen molar-refractivity contribution in [1.29, 1.82) is 0 Å². The van der Waals surface area contributed by atoms with Gasteiger partial charge in [-0.15, -0.1) is 0 Å². The third-order valence-electron chi connectivity index (χ3n) is 3.87. The molecule has 0 atom stereocenters. The Labute approximate surface area is 132 Å². The van der Waals surface area contributed by atoms with Crippen molar-refractivity contribution in [3.05, 3.63) is 64.5 Å². The molecule has 1 N–H and O–H groups in total. The average Bonchev–Trinajstić information content (AvgIpc) is 2.50. The molecule has 0 heterocycles. The maximum absolute atomic E-state index is 13.1. The Morgan fingerprint density at radius 1 is 1.09 bits per heavy atom. The molecule has 0 aliphatic heterocycles. The molecule has 22 heavy (non-hydrogen) atoms. The van der Waals surface area contributed by atoms with Crippen LogP contribution in [-0.2, 0) is 0 Å². The van der Waals surface area contributed by atoms with Gasteiger partial charge in [-0.1, -0.05) is 31.6 Å². The van der Waals surface area contributed by atoms with E-state index in [9.17, 15) is 9.50 Å². The number of benzene rings is 2. The van der Waals surface area contributed by atoms with Gasteiger partial charge in [0.25, 0.3) is 0 Å². The molecular weight excluding hydrogens is 275 g/mol. The largest absolute Gasteiger partial charge is 0.507 e. The van der Waals surface area contributed by atoms with Crippen LogP contribution in [0.5, 0.6) is 5.75 Å². The van der Waals surface area contributed by atoms with Crippen LogP contribution in [0.1, 0.15) is 48.4 Å². The lowest BCUT2D eigenvalue weighted by molar-refractivity contribution is 0.467. The predicted octanol–water partition coefficient (Wildman–Crippen LogP) is 5.88. The highest BCUT2D eigenvalue weighted by Gasteiger charge is 2.06. The minimum Gasteiger partial charge on any atom is -0.507 e. The zero-order valence-electron chi connectivity index (χ0n) is 13.5. The fourth-order valence-corrected chi connectivity index (χ4v) is 2.60. The Morgan fingerprint density at radius 2 is 1.68 bits per heavy atom. The summed E-state index contributed by atoms with van der Waals surface area (Å²) in [6.07, 6.45) is 5.31. The van der Waals surface area contributed by atoms with Crippen LogP contribution in [0.3, 0.4) is 0 Å². The highest BCUT2D eigenvalue weighted by molar-refractivity contribution is 5.82. The number of aryl methyl sites for hydroxylation is 2. The lowest BCUT2D eigenvalue weighted by Crippen LogP contribution is -1.89. The summed E-state index contributed by atoms with van der Waals surface area (Å²) in [5.74, 6) is 0.143. The zero-order chi connectivity index (χ0) is 16.1. The number of hydrogen-bond donors (Lipinski definition) is 1. The zero-order valence-corrected chi connectivity index (χ0v) is 13.5. The van der Waals surface area contributed by atoms with E-state index >= 15 is 0 Å². The topological polar surface area (TPSA) is 20.2 Å². The van der Waals surface area contributed by atoms with E-state index in [0.717, 1.165) is 41.5 Å². The van der Waals surface area contributed by atoms with Crippen molar-refractivity contribution >= 4 is 11.6 Å². The van der Waals surface area contributed by atoms with Crippen LogP contribution in [-0.4, -0.2) is 5.11 Å². The number of allylic oxidation sites excluding steroid dienone is 1. The van der Waals surface area contributed by atoms with E-state index in [4.69, 9.17) is 0 Å².